The van der Waals surface area contributed by atoms with Crippen LogP contribution in [-0.2, 0) is 23.3 Å². The SMILES string of the molecule is CC(C)OB1OC(C)(C)C(C)(C)O1.CC1(C)OB(c2cccc3c2[se]c2c(-c4ccc(-c5ccccc5)cc4)cccc23)OC1(C)C.c1ccc(-c2ccc(-c3cccc4c3[se]c3ccccc34)cc2)cc1. The van der Waals surface area contributed by atoms with Crippen LogP contribution in [0.2, 0.25) is 0 Å². The summed E-state index contributed by atoms with van der Waals surface area (Å²) in [5.41, 5.74) is 10.2. The summed E-state index contributed by atoms with van der Waals surface area (Å²) in [4.78, 5) is 0. The molecule has 2 fully saturated rings. The van der Waals surface area contributed by atoms with Crippen LogP contribution in [0.25, 0.3) is 83.1 Å². The van der Waals surface area contributed by atoms with Gasteiger partial charge in [-0.1, -0.05) is 0 Å². The Hall–Kier alpha value is -5.27. The Bertz CT molecular complexity index is 3460. The third-order valence-electron chi connectivity index (χ3n) is 14.7. The van der Waals surface area contributed by atoms with Crippen LogP contribution in [0.4, 0.5) is 0 Å². The second-order valence-electron chi connectivity index (χ2n) is 21.0. The van der Waals surface area contributed by atoms with Crippen molar-refractivity contribution < 1.29 is 23.3 Å². The Morgan fingerprint density at radius 3 is 1.24 bits per heavy atom. The van der Waals surface area contributed by atoms with Crippen molar-refractivity contribution >= 4 is 87.5 Å². The van der Waals surface area contributed by atoms with Gasteiger partial charge in [-0.3, -0.25) is 0 Å². The molecule has 0 amide bonds. The summed E-state index contributed by atoms with van der Waals surface area (Å²) in [5.74, 6) is 0. The molecule has 0 saturated carbocycles. The van der Waals surface area contributed by atoms with Gasteiger partial charge in [-0.15, -0.1) is 0 Å². The van der Waals surface area contributed by atoms with Crippen LogP contribution in [-0.4, -0.2) is 72.0 Å². The van der Waals surface area contributed by atoms with Gasteiger partial charge in [0.1, 0.15) is 0 Å². The van der Waals surface area contributed by atoms with Crippen molar-refractivity contribution in [2.24, 2.45) is 0 Å². The first-order valence-electron chi connectivity index (χ1n) is 25.0. The molecule has 0 aliphatic carbocycles. The summed E-state index contributed by atoms with van der Waals surface area (Å²) in [5, 5.41) is 5.50. The quantitative estimate of drug-likeness (QED) is 0.149. The minimum atomic E-state index is -0.523. The summed E-state index contributed by atoms with van der Waals surface area (Å²) in [6, 6.07) is 67.9. The number of fused-ring (bicyclic) bond motifs is 6. The van der Waals surface area contributed by atoms with Crippen molar-refractivity contribution in [3.8, 4) is 44.5 Å². The van der Waals surface area contributed by atoms with Crippen LogP contribution >= 0.6 is 0 Å². The van der Waals surface area contributed by atoms with Crippen LogP contribution in [0.15, 0.2) is 188 Å². The molecule has 362 valence electrons. The fourth-order valence-corrected chi connectivity index (χ4v) is 14.7. The third-order valence-corrected chi connectivity index (χ3v) is 20.0. The molecule has 2 saturated heterocycles. The Morgan fingerprint density at radius 1 is 0.361 bits per heavy atom. The van der Waals surface area contributed by atoms with Gasteiger partial charge in [-0.05, 0) is 41.5 Å². The Labute approximate surface area is 438 Å². The van der Waals surface area contributed by atoms with Crippen molar-refractivity contribution in [3.63, 3.8) is 0 Å². The maximum absolute atomic E-state index is 6.43. The van der Waals surface area contributed by atoms with Crippen LogP contribution in [0.1, 0.15) is 69.2 Å². The van der Waals surface area contributed by atoms with E-state index >= 15 is 0 Å². The first-order valence-corrected chi connectivity index (χ1v) is 28.4. The first-order chi connectivity index (χ1) is 34.5. The van der Waals surface area contributed by atoms with Gasteiger partial charge in [-0.2, -0.15) is 0 Å². The predicted molar refractivity (Wildman–Crippen MR) is 307 cm³/mol. The van der Waals surface area contributed by atoms with E-state index in [0.29, 0.717) is 14.5 Å². The van der Waals surface area contributed by atoms with Gasteiger partial charge >= 0.3 is 368 Å². The minimum absolute atomic E-state index is 0.120. The molecule has 9 heteroatoms. The third kappa shape index (κ3) is 10.1. The van der Waals surface area contributed by atoms with E-state index in [-0.39, 0.29) is 50.1 Å². The molecular formula is C63H62B2O5Se2. The molecule has 8 aromatic carbocycles. The normalized spacial score (nSPS) is 16.5. The second kappa shape index (κ2) is 20.2. The molecule has 72 heavy (non-hydrogen) atoms. The zero-order valence-electron chi connectivity index (χ0n) is 43.0. The molecule has 4 heterocycles. The molecule has 0 radical (unpaired) electrons. The predicted octanol–water partition coefficient (Wildman–Crippen LogP) is 15.1. The number of hydrogen-bond donors (Lipinski definition) is 0. The van der Waals surface area contributed by atoms with Crippen molar-refractivity contribution in [1.29, 1.82) is 0 Å². The van der Waals surface area contributed by atoms with Crippen LogP contribution in [0.5, 0.6) is 0 Å². The maximum atomic E-state index is 6.43. The van der Waals surface area contributed by atoms with Gasteiger partial charge in [0.25, 0.3) is 0 Å². The average Bonchev–Trinajstić information content (AvgIpc) is 4.07. The molecular weight excluding hydrogens is 1020 g/mol. The molecule has 0 atom stereocenters. The standard InChI is InChI=1S/C30H27BO2Se.C24H16Se.C9H19BO3/c1-29(2)30(3,4)33-31(32-29)26-15-9-14-25-24-13-8-12-23(27(24)34-28(25)26)22-18-16-21(17-19-22)20-10-6-5-7-11-20;1-2-7-17(8-3-1)18-13-15-19(16-14-18)20-10-6-11-22-21-9-4-5-12-23(21)25-24(20)22;1-7(2)11-10-12-8(3,4)9(5,6)13-10/h5-19H,1-4H3;1-16H;7H,1-6H3. The molecule has 2 aliphatic heterocycles. The summed E-state index contributed by atoms with van der Waals surface area (Å²) < 4.78 is 35.4. The van der Waals surface area contributed by atoms with Crippen molar-refractivity contribution in [1.82, 2.24) is 0 Å². The number of hydrogen-bond acceptors (Lipinski definition) is 5. The zero-order valence-corrected chi connectivity index (χ0v) is 46.4. The molecule has 0 N–H and O–H groups in total. The Balaban J connectivity index is 0.000000137. The van der Waals surface area contributed by atoms with Crippen molar-refractivity contribution in [2.45, 2.75) is 97.7 Å². The monoisotopic (exact) mass is 1080 g/mol. The van der Waals surface area contributed by atoms with E-state index in [1.165, 1.54) is 88.6 Å². The Morgan fingerprint density at radius 2 is 0.736 bits per heavy atom. The molecule has 12 rings (SSSR count). The van der Waals surface area contributed by atoms with E-state index < -0.39 is 7.32 Å². The topological polar surface area (TPSA) is 46.2 Å². The molecule has 5 nitrogen and oxygen atoms in total. The summed E-state index contributed by atoms with van der Waals surface area (Å²) >= 11 is 0.570. The van der Waals surface area contributed by atoms with E-state index in [9.17, 15) is 0 Å². The van der Waals surface area contributed by atoms with Gasteiger partial charge in [0.05, 0.1) is 11.2 Å². The van der Waals surface area contributed by atoms with E-state index in [1.807, 2.05) is 41.5 Å². The van der Waals surface area contributed by atoms with E-state index in [4.69, 9.17) is 23.3 Å². The van der Waals surface area contributed by atoms with E-state index in [0.717, 1.165) is 0 Å². The van der Waals surface area contributed by atoms with E-state index in [2.05, 4.69) is 216 Å². The summed E-state index contributed by atoms with van der Waals surface area (Å²) in [7, 11) is -0.852. The summed E-state index contributed by atoms with van der Waals surface area (Å²) in [6.07, 6.45) is 0.120. The number of rotatable bonds is 7. The molecule has 2 aromatic heterocycles. The van der Waals surface area contributed by atoms with Crippen molar-refractivity contribution in [2.75, 3.05) is 0 Å². The number of benzene rings is 8. The summed E-state index contributed by atoms with van der Waals surface area (Å²) in [6.45, 7) is 20.4. The van der Waals surface area contributed by atoms with Gasteiger partial charge in [0.15, 0.2) is 0 Å². The van der Waals surface area contributed by atoms with Crippen LogP contribution in [0.3, 0.4) is 0 Å². The fourth-order valence-electron chi connectivity index (χ4n) is 9.21. The first kappa shape index (κ1) is 50.3. The molecule has 0 spiro atoms. The van der Waals surface area contributed by atoms with Gasteiger partial charge in [0.2, 0.25) is 0 Å². The second-order valence-corrected chi connectivity index (χ2v) is 25.3. The molecule has 2 aliphatic rings. The average molecular weight is 1080 g/mol. The van der Waals surface area contributed by atoms with Crippen molar-refractivity contribution in [3.05, 3.63) is 188 Å². The fraction of sp³-hybridized carbons (Fsp3) is 0.238. The van der Waals surface area contributed by atoms with Crippen LogP contribution in [0, 0.1) is 0 Å². The molecule has 0 unspecified atom stereocenters. The Kier molecular flexibility index (Phi) is 14.1. The van der Waals surface area contributed by atoms with Gasteiger partial charge in [0, 0.05) is 6.10 Å². The van der Waals surface area contributed by atoms with Crippen LogP contribution < -0.4 is 5.46 Å². The molecule has 0 bridgehead atoms. The van der Waals surface area contributed by atoms with Gasteiger partial charge in [-0.25, -0.2) is 0 Å². The van der Waals surface area contributed by atoms with E-state index in [1.54, 1.807) is 0 Å². The molecule has 10 aromatic rings. The van der Waals surface area contributed by atoms with Gasteiger partial charge < -0.3 is 14.0 Å². The zero-order chi connectivity index (χ0) is 50.4.